The van der Waals surface area contributed by atoms with E-state index in [2.05, 4.69) is 18.7 Å². The summed E-state index contributed by atoms with van der Waals surface area (Å²) < 4.78 is 0. The van der Waals surface area contributed by atoms with Crippen molar-refractivity contribution in [3.63, 3.8) is 0 Å². The number of rotatable bonds is 6. The van der Waals surface area contributed by atoms with Crippen molar-refractivity contribution in [2.24, 2.45) is 17.8 Å². The Hall–Kier alpha value is -1.20. The summed E-state index contributed by atoms with van der Waals surface area (Å²) in [5, 5.41) is 0.536. The first kappa shape index (κ1) is 23.5. The number of carbonyl (C=O) groups excluding carboxylic acids is 2. The van der Waals surface area contributed by atoms with E-state index in [-0.39, 0.29) is 11.8 Å². The molecule has 1 atom stereocenters. The second kappa shape index (κ2) is 10.9. The van der Waals surface area contributed by atoms with Crippen LogP contribution in [0.4, 0.5) is 0 Å². The number of halogens is 1. The molecule has 1 aromatic carbocycles. The Morgan fingerprint density at radius 2 is 1.63 bits per heavy atom. The smallest absolute Gasteiger partial charge is 0.255 e. The Balaban J connectivity index is 1.49. The number of hydrogen-bond donors (Lipinski definition) is 0. The molecule has 4 nitrogen and oxygen atoms in total. The van der Waals surface area contributed by atoms with Crippen LogP contribution in [0.1, 0.15) is 62.7 Å². The van der Waals surface area contributed by atoms with Gasteiger partial charge < -0.3 is 9.80 Å². The van der Waals surface area contributed by atoms with Crippen molar-refractivity contribution in [2.75, 3.05) is 32.4 Å². The Kier molecular flexibility index (Phi) is 8.52. The van der Waals surface area contributed by atoms with Crippen molar-refractivity contribution < 1.29 is 9.59 Å². The first-order valence-corrected chi connectivity index (χ1v) is 13.0. The summed E-state index contributed by atoms with van der Waals surface area (Å²) in [5.74, 6) is 1.88. The molecule has 2 saturated heterocycles. The summed E-state index contributed by atoms with van der Waals surface area (Å²) in [6, 6.07) is 5.69. The van der Waals surface area contributed by atoms with Crippen LogP contribution in [0.2, 0.25) is 5.02 Å². The average Bonchev–Trinajstić information content (AvgIpc) is 2.79. The molecular weight excluding hydrogens is 416 g/mol. The van der Waals surface area contributed by atoms with Crippen LogP contribution in [0, 0.1) is 17.8 Å². The van der Waals surface area contributed by atoms with Gasteiger partial charge in [0, 0.05) is 37.0 Å². The standard InChI is InChI=1S/C24H35ClN2O2S/c1-4-5-17(2)23(28)26-12-8-18(9-13-26)19-10-14-27(15-11-19)24(29)21-16-20(30-3)6-7-22(21)25/h6-7,16-19H,4-5,8-15H2,1-3H3. The Morgan fingerprint density at radius 1 is 1.07 bits per heavy atom. The van der Waals surface area contributed by atoms with E-state index in [4.69, 9.17) is 11.6 Å². The van der Waals surface area contributed by atoms with Gasteiger partial charge in [0.05, 0.1) is 10.6 Å². The molecule has 0 aromatic heterocycles. The molecule has 2 aliphatic rings. The van der Waals surface area contributed by atoms with Crippen molar-refractivity contribution in [2.45, 2.75) is 57.3 Å². The fourth-order valence-electron chi connectivity index (χ4n) is 5.00. The molecule has 6 heteroatoms. The van der Waals surface area contributed by atoms with E-state index in [1.165, 1.54) is 0 Å². The van der Waals surface area contributed by atoms with Gasteiger partial charge >= 0.3 is 0 Å². The third-order valence-electron chi connectivity index (χ3n) is 6.89. The summed E-state index contributed by atoms with van der Waals surface area (Å²) in [4.78, 5) is 30.7. The van der Waals surface area contributed by atoms with Gasteiger partial charge in [-0.25, -0.2) is 0 Å². The largest absolute Gasteiger partial charge is 0.342 e. The molecule has 2 amide bonds. The van der Waals surface area contributed by atoms with Crippen molar-refractivity contribution in [1.29, 1.82) is 0 Å². The molecule has 30 heavy (non-hydrogen) atoms. The van der Waals surface area contributed by atoms with Crippen LogP contribution in [0.15, 0.2) is 23.1 Å². The quantitative estimate of drug-likeness (QED) is 0.530. The first-order valence-electron chi connectivity index (χ1n) is 11.4. The number of hydrogen-bond acceptors (Lipinski definition) is 3. The molecule has 166 valence electrons. The van der Waals surface area contributed by atoms with Crippen molar-refractivity contribution in [1.82, 2.24) is 9.80 Å². The number of thioether (sulfide) groups is 1. The minimum absolute atomic E-state index is 0.0553. The third-order valence-corrected chi connectivity index (χ3v) is 7.95. The molecule has 0 aliphatic carbocycles. The minimum Gasteiger partial charge on any atom is -0.342 e. The maximum absolute atomic E-state index is 13.0. The predicted molar refractivity (Wildman–Crippen MR) is 125 cm³/mol. The summed E-state index contributed by atoms with van der Waals surface area (Å²) in [6.07, 6.45) is 8.36. The fraction of sp³-hybridized carbons (Fsp3) is 0.667. The zero-order chi connectivity index (χ0) is 21.7. The molecule has 0 spiro atoms. The zero-order valence-electron chi connectivity index (χ0n) is 18.5. The topological polar surface area (TPSA) is 40.6 Å². The normalized spacial score (nSPS) is 19.7. The second-order valence-corrected chi connectivity index (χ2v) is 10.1. The lowest BCUT2D eigenvalue weighted by Gasteiger charge is -2.40. The van der Waals surface area contributed by atoms with Gasteiger partial charge in [0.15, 0.2) is 0 Å². The van der Waals surface area contributed by atoms with Crippen LogP contribution in [-0.4, -0.2) is 54.0 Å². The molecule has 0 saturated carbocycles. The van der Waals surface area contributed by atoms with Gasteiger partial charge in [-0.05, 0) is 68.4 Å². The van der Waals surface area contributed by atoms with Crippen LogP contribution in [0.5, 0.6) is 0 Å². The molecule has 2 heterocycles. The maximum atomic E-state index is 13.0. The van der Waals surface area contributed by atoms with Crippen molar-refractivity contribution in [3.8, 4) is 0 Å². The van der Waals surface area contributed by atoms with E-state index in [9.17, 15) is 9.59 Å². The predicted octanol–water partition coefficient (Wildman–Crippen LogP) is 5.59. The molecule has 0 radical (unpaired) electrons. The maximum Gasteiger partial charge on any atom is 0.255 e. The lowest BCUT2D eigenvalue weighted by atomic mass is 9.78. The number of amides is 2. The molecule has 2 fully saturated rings. The first-order chi connectivity index (χ1) is 14.4. The number of carbonyl (C=O) groups is 2. The van der Waals surface area contributed by atoms with Gasteiger partial charge in [-0.2, -0.15) is 0 Å². The van der Waals surface area contributed by atoms with E-state index in [1.807, 2.05) is 29.4 Å². The fourth-order valence-corrected chi connectivity index (χ4v) is 5.64. The van der Waals surface area contributed by atoms with E-state index >= 15 is 0 Å². The van der Waals surface area contributed by atoms with Crippen molar-refractivity contribution >= 4 is 35.2 Å². The van der Waals surface area contributed by atoms with Gasteiger partial charge in [0.2, 0.25) is 5.91 Å². The van der Waals surface area contributed by atoms with Crippen LogP contribution < -0.4 is 0 Å². The van der Waals surface area contributed by atoms with Gasteiger partial charge in [0.1, 0.15) is 0 Å². The number of benzene rings is 1. The van der Waals surface area contributed by atoms with E-state index < -0.39 is 0 Å². The Morgan fingerprint density at radius 3 is 2.17 bits per heavy atom. The Labute approximate surface area is 190 Å². The van der Waals surface area contributed by atoms with Crippen LogP contribution in [-0.2, 0) is 4.79 Å². The summed E-state index contributed by atoms with van der Waals surface area (Å²) in [5.41, 5.74) is 0.620. The molecule has 0 N–H and O–H groups in total. The lowest BCUT2D eigenvalue weighted by molar-refractivity contribution is -0.137. The number of nitrogens with zero attached hydrogens (tertiary/aromatic N) is 2. The minimum atomic E-state index is 0.0553. The highest BCUT2D eigenvalue weighted by atomic mass is 35.5. The van der Waals surface area contributed by atoms with Crippen LogP contribution >= 0.6 is 23.4 Å². The number of piperidine rings is 2. The average molecular weight is 451 g/mol. The highest BCUT2D eigenvalue weighted by molar-refractivity contribution is 7.98. The van der Waals surface area contributed by atoms with Crippen molar-refractivity contribution in [3.05, 3.63) is 28.8 Å². The molecular formula is C24H35ClN2O2S. The van der Waals surface area contributed by atoms with Gasteiger partial charge in [0.25, 0.3) is 5.91 Å². The van der Waals surface area contributed by atoms with Gasteiger partial charge in [-0.1, -0.05) is 31.9 Å². The highest BCUT2D eigenvalue weighted by Crippen LogP contribution is 2.34. The van der Waals surface area contributed by atoms with Gasteiger partial charge in [-0.15, -0.1) is 11.8 Å². The van der Waals surface area contributed by atoms with Crippen LogP contribution in [0.25, 0.3) is 0 Å². The van der Waals surface area contributed by atoms with E-state index in [1.54, 1.807) is 11.8 Å². The van der Waals surface area contributed by atoms with E-state index in [0.717, 1.165) is 69.6 Å². The molecule has 1 unspecified atom stereocenters. The molecule has 3 rings (SSSR count). The Bertz CT molecular complexity index is 741. The SMILES string of the molecule is CCCC(C)C(=O)N1CCC(C2CCN(C(=O)c3cc(SC)ccc3Cl)CC2)CC1. The molecule has 0 bridgehead atoms. The third kappa shape index (κ3) is 5.53. The monoisotopic (exact) mass is 450 g/mol. The molecule has 2 aliphatic heterocycles. The number of likely N-dealkylation sites (tertiary alicyclic amines) is 2. The summed E-state index contributed by atoms with van der Waals surface area (Å²) in [7, 11) is 0. The highest BCUT2D eigenvalue weighted by Gasteiger charge is 2.33. The summed E-state index contributed by atoms with van der Waals surface area (Å²) in [6.45, 7) is 7.60. The second-order valence-electron chi connectivity index (χ2n) is 8.83. The van der Waals surface area contributed by atoms with E-state index in [0.29, 0.717) is 28.3 Å². The lowest BCUT2D eigenvalue weighted by Crippen LogP contribution is -2.45. The zero-order valence-corrected chi connectivity index (χ0v) is 20.1. The summed E-state index contributed by atoms with van der Waals surface area (Å²) >= 11 is 7.93. The van der Waals surface area contributed by atoms with Crippen LogP contribution in [0.3, 0.4) is 0 Å². The molecule has 1 aromatic rings. The van der Waals surface area contributed by atoms with Gasteiger partial charge in [-0.3, -0.25) is 9.59 Å².